The van der Waals surface area contributed by atoms with Gasteiger partial charge in [-0.15, -0.1) is 0 Å². The van der Waals surface area contributed by atoms with Crippen molar-refractivity contribution in [1.29, 1.82) is 0 Å². The maximum Gasteiger partial charge on any atom is 0.122 e. The largest absolute Gasteiger partial charge is 0.380 e. The average molecular weight is 316 g/mol. The summed E-state index contributed by atoms with van der Waals surface area (Å²) in [5.41, 5.74) is 3.14. The molecular weight excluding hydrogens is 292 g/mol. The van der Waals surface area contributed by atoms with Gasteiger partial charge in [0.25, 0.3) is 0 Å². The highest BCUT2D eigenvalue weighted by atomic mass is 16.3. The molecule has 1 heteroatoms. The minimum Gasteiger partial charge on any atom is -0.380 e. The van der Waals surface area contributed by atoms with Crippen LogP contribution < -0.4 is 0 Å². The first kappa shape index (κ1) is 16.5. The molecule has 3 aromatic rings. The summed E-state index contributed by atoms with van der Waals surface area (Å²) < 4.78 is 0. The Hall–Kier alpha value is -2.38. The first-order chi connectivity index (χ1) is 11.7. The molecule has 0 heterocycles. The fraction of sp³-hybridized carbons (Fsp3) is 0.217. The lowest BCUT2D eigenvalue weighted by molar-refractivity contribution is 0.0470. The quantitative estimate of drug-likeness (QED) is 0.666. The Bertz CT molecular complexity index is 779. The molecule has 3 aromatic carbocycles. The molecule has 0 amide bonds. The predicted octanol–water partition coefficient (Wildman–Crippen LogP) is 5.42. The number of hydrogen-bond donors (Lipinski definition) is 1. The molecule has 0 saturated carbocycles. The molecule has 0 aliphatic carbocycles. The van der Waals surface area contributed by atoms with Crippen molar-refractivity contribution in [1.82, 2.24) is 0 Å². The minimum atomic E-state index is -1.05. The van der Waals surface area contributed by atoms with E-state index >= 15 is 0 Å². The van der Waals surface area contributed by atoms with Crippen LogP contribution in [-0.2, 0) is 5.60 Å². The summed E-state index contributed by atoms with van der Waals surface area (Å²) in [7, 11) is 0. The van der Waals surface area contributed by atoms with E-state index in [1.165, 1.54) is 0 Å². The topological polar surface area (TPSA) is 20.2 Å². The molecule has 0 fully saturated rings. The van der Waals surface area contributed by atoms with Gasteiger partial charge < -0.3 is 5.11 Å². The van der Waals surface area contributed by atoms with Gasteiger partial charge >= 0.3 is 0 Å². The van der Waals surface area contributed by atoms with Crippen LogP contribution in [0.3, 0.4) is 0 Å². The fourth-order valence-corrected chi connectivity index (χ4v) is 3.69. The van der Waals surface area contributed by atoms with Gasteiger partial charge in [0.05, 0.1) is 0 Å². The molecule has 0 saturated heterocycles. The van der Waals surface area contributed by atoms with Crippen molar-refractivity contribution < 1.29 is 5.11 Å². The van der Waals surface area contributed by atoms with Crippen LogP contribution in [0.2, 0.25) is 0 Å². The number of aryl methyl sites for hydroxylation is 1. The van der Waals surface area contributed by atoms with Crippen molar-refractivity contribution in [2.24, 2.45) is 0 Å². The second-order valence-electron chi connectivity index (χ2n) is 6.32. The lowest BCUT2D eigenvalue weighted by Gasteiger charge is -2.38. The van der Waals surface area contributed by atoms with Gasteiger partial charge in [0, 0.05) is 5.92 Å². The second-order valence-corrected chi connectivity index (χ2v) is 6.32. The van der Waals surface area contributed by atoms with E-state index in [1.807, 2.05) is 66.7 Å². The monoisotopic (exact) mass is 316 g/mol. The summed E-state index contributed by atoms with van der Waals surface area (Å²) >= 11 is 0. The van der Waals surface area contributed by atoms with Gasteiger partial charge in [-0.2, -0.15) is 0 Å². The van der Waals surface area contributed by atoms with Crippen LogP contribution in [-0.4, -0.2) is 5.11 Å². The lowest BCUT2D eigenvalue weighted by Crippen LogP contribution is -2.35. The predicted molar refractivity (Wildman–Crippen MR) is 100 cm³/mol. The van der Waals surface area contributed by atoms with E-state index in [2.05, 4.69) is 32.0 Å². The van der Waals surface area contributed by atoms with E-state index in [-0.39, 0.29) is 5.92 Å². The molecule has 3 rings (SSSR count). The highest BCUT2D eigenvalue weighted by molar-refractivity contribution is 5.45. The summed E-state index contributed by atoms with van der Waals surface area (Å²) in [4.78, 5) is 0. The van der Waals surface area contributed by atoms with Gasteiger partial charge in [-0.25, -0.2) is 0 Å². The summed E-state index contributed by atoms with van der Waals surface area (Å²) in [6, 6.07) is 28.5. The molecule has 0 aromatic heterocycles. The van der Waals surface area contributed by atoms with Crippen LogP contribution in [0.1, 0.15) is 41.5 Å². The van der Waals surface area contributed by atoms with Crippen LogP contribution in [0.15, 0.2) is 84.9 Å². The van der Waals surface area contributed by atoms with Crippen LogP contribution in [0.25, 0.3) is 0 Å². The van der Waals surface area contributed by atoms with E-state index < -0.39 is 5.60 Å². The van der Waals surface area contributed by atoms with Gasteiger partial charge in [-0.05, 0) is 35.6 Å². The highest BCUT2D eigenvalue weighted by Crippen LogP contribution is 2.45. The first-order valence-corrected chi connectivity index (χ1v) is 8.57. The van der Waals surface area contributed by atoms with Gasteiger partial charge in [-0.1, -0.05) is 91.9 Å². The smallest absolute Gasteiger partial charge is 0.122 e. The van der Waals surface area contributed by atoms with E-state index in [1.54, 1.807) is 0 Å². The van der Waals surface area contributed by atoms with Gasteiger partial charge in [0.1, 0.15) is 5.60 Å². The fourth-order valence-electron chi connectivity index (χ4n) is 3.69. The Morgan fingerprint density at radius 2 is 1.33 bits per heavy atom. The molecule has 122 valence electrons. The van der Waals surface area contributed by atoms with Crippen molar-refractivity contribution in [2.45, 2.75) is 31.8 Å². The molecule has 0 aliphatic rings. The number of aliphatic hydroxyl groups is 1. The molecule has 0 radical (unpaired) electrons. The Labute approximate surface area is 144 Å². The third-order valence-electron chi connectivity index (χ3n) is 4.88. The normalized spacial score (nSPS) is 14.8. The molecule has 1 nitrogen and oxygen atoms in total. The maximum atomic E-state index is 12.0. The Morgan fingerprint density at radius 1 is 0.792 bits per heavy atom. The third-order valence-corrected chi connectivity index (χ3v) is 4.88. The number of benzene rings is 3. The standard InChI is InChI=1S/C23H24O/c1-3-21(19-13-6-4-7-14-19)23(24,20-15-8-5-9-16-20)22-17-11-10-12-18(22)2/h4-17,21,24H,3H2,1-2H3/t21-,23+/m0/s1. The second kappa shape index (κ2) is 7.02. The van der Waals surface area contributed by atoms with E-state index in [9.17, 15) is 5.11 Å². The zero-order valence-electron chi connectivity index (χ0n) is 14.3. The van der Waals surface area contributed by atoms with Crippen LogP contribution in [0, 0.1) is 6.92 Å². The van der Waals surface area contributed by atoms with Crippen molar-refractivity contribution in [3.8, 4) is 0 Å². The molecule has 1 N–H and O–H groups in total. The van der Waals surface area contributed by atoms with Crippen molar-refractivity contribution >= 4 is 0 Å². The van der Waals surface area contributed by atoms with Crippen molar-refractivity contribution in [3.05, 3.63) is 107 Å². The Kier molecular flexibility index (Phi) is 4.82. The van der Waals surface area contributed by atoms with E-state index in [0.717, 1.165) is 28.7 Å². The molecular formula is C23H24O. The summed E-state index contributed by atoms with van der Waals surface area (Å²) in [6.45, 7) is 4.21. The van der Waals surface area contributed by atoms with E-state index in [0.29, 0.717) is 0 Å². The van der Waals surface area contributed by atoms with Crippen LogP contribution >= 0.6 is 0 Å². The van der Waals surface area contributed by atoms with Gasteiger partial charge in [0.2, 0.25) is 0 Å². The first-order valence-electron chi connectivity index (χ1n) is 8.57. The summed E-state index contributed by atoms with van der Waals surface area (Å²) in [6.07, 6.45) is 0.851. The maximum absolute atomic E-state index is 12.0. The average Bonchev–Trinajstić information content (AvgIpc) is 2.64. The molecule has 0 unspecified atom stereocenters. The number of rotatable bonds is 5. The van der Waals surface area contributed by atoms with Gasteiger partial charge in [-0.3, -0.25) is 0 Å². The Morgan fingerprint density at radius 3 is 1.92 bits per heavy atom. The third kappa shape index (κ3) is 2.88. The lowest BCUT2D eigenvalue weighted by atomic mass is 9.71. The molecule has 2 atom stereocenters. The highest BCUT2D eigenvalue weighted by Gasteiger charge is 2.40. The minimum absolute atomic E-state index is 0.0119. The van der Waals surface area contributed by atoms with E-state index in [4.69, 9.17) is 0 Å². The van der Waals surface area contributed by atoms with Gasteiger partial charge in [0.15, 0.2) is 0 Å². The van der Waals surface area contributed by atoms with Crippen molar-refractivity contribution in [3.63, 3.8) is 0 Å². The van der Waals surface area contributed by atoms with Crippen molar-refractivity contribution in [2.75, 3.05) is 0 Å². The molecule has 0 aliphatic heterocycles. The summed E-state index contributed by atoms with van der Waals surface area (Å²) in [5.74, 6) is -0.0119. The zero-order valence-corrected chi connectivity index (χ0v) is 14.3. The van der Waals surface area contributed by atoms with Crippen LogP contribution in [0.4, 0.5) is 0 Å². The molecule has 24 heavy (non-hydrogen) atoms. The Balaban J connectivity index is 2.25. The van der Waals surface area contributed by atoms with Crippen LogP contribution in [0.5, 0.6) is 0 Å². The SMILES string of the molecule is CC[C@@H](c1ccccc1)[C@](O)(c1ccccc1)c1ccccc1C. The number of hydrogen-bond acceptors (Lipinski definition) is 1. The summed E-state index contributed by atoms with van der Waals surface area (Å²) in [5, 5.41) is 12.0. The molecule has 0 bridgehead atoms. The zero-order chi connectivity index (χ0) is 17.0. The molecule has 0 spiro atoms.